The van der Waals surface area contributed by atoms with Gasteiger partial charge in [0.05, 0.1) is 17.6 Å². The van der Waals surface area contributed by atoms with Crippen molar-refractivity contribution in [2.24, 2.45) is 7.05 Å². The van der Waals surface area contributed by atoms with Crippen molar-refractivity contribution in [3.63, 3.8) is 0 Å². The molecular weight excluding hydrogens is 336 g/mol. The molecule has 0 fully saturated rings. The molecule has 0 bridgehead atoms. The SMILES string of the molecule is CCc1cc(=O)n2nc(NCc3nc4cccc(C)c4n3C)sc2n1. The summed E-state index contributed by atoms with van der Waals surface area (Å²) in [4.78, 5) is 21.8. The monoisotopic (exact) mass is 354 g/mol. The lowest BCUT2D eigenvalue weighted by molar-refractivity contribution is 0.824. The zero-order valence-corrected chi connectivity index (χ0v) is 15.1. The van der Waals surface area contributed by atoms with Gasteiger partial charge in [0.2, 0.25) is 10.1 Å². The average Bonchev–Trinajstić information content (AvgIpc) is 3.15. The topological polar surface area (TPSA) is 77.1 Å². The molecule has 3 heterocycles. The molecule has 0 amide bonds. The van der Waals surface area contributed by atoms with Crippen LogP contribution in [0.5, 0.6) is 0 Å². The lowest BCUT2D eigenvalue weighted by Crippen LogP contribution is -2.15. The standard InChI is InChI=1S/C17H18N6OS/c1-4-11-8-14(24)23-17(19-11)25-16(21-23)18-9-13-20-12-7-5-6-10(2)15(12)22(13)3/h5-8H,4,9H2,1-3H3,(H,18,21). The molecular formula is C17H18N6OS. The molecule has 4 rings (SSSR count). The van der Waals surface area contributed by atoms with Gasteiger partial charge in [-0.05, 0) is 25.0 Å². The van der Waals surface area contributed by atoms with Crippen molar-refractivity contribution in [1.29, 1.82) is 0 Å². The summed E-state index contributed by atoms with van der Waals surface area (Å²) in [7, 11) is 2.01. The molecule has 7 nitrogen and oxygen atoms in total. The third kappa shape index (κ3) is 2.68. The van der Waals surface area contributed by atoms with Crippen molar-refractivity contribution in [3.05, 3.63) is 51.7 Å². The largest absolute Gasteiger partial charge is 0.353 e. The van der Waals surface area contributed by atoms with Crippen LogP contribution in [0.25, 0.3) is 16.0 Å². The predicted molar refractivity (Wildman–Crippen MR) is 99.3 cm³/mol. The quantitative estimate of drug-likeness (QED) is 0.609. The molecule has 1 N–H and O–H groups in total. The summed E-state index contributed by atoms with van der Waals surface area (Å²) in [6.45, 7) is 4.59. The highest BCUT2D eigenvalue weighted by molar-refractivity contribution is 7.20. The van der Waals surface area contributed by atoms with Crippen molar-refractivity contribution in [3.8, 4) is 0 Å². The molecule has 3 aromatic heterocycles. The van der Waals surface area contributed by atoms with Crippen LogP contribution >= 0.6 is 11.3 Å². The third-order valence-corrected chi connectivity index (χ3v) is 5.11. The van der Waals surface area contributed by atoms with Crippen LogP contribution in [0, 0.1) is 6.92 Å². The van der Waals surface area contributed by atoms with E-state index in [0.717, 1.165) is 29.0 Å². The number of hydrogen-bond donors (Lipinski definition) is 1. The van der Waals surface area contributed by atoms with Crippen LogP contribution in [0.15, 0.2) is 29.1 Å². The van der Waals surface area contributed by atoms with Gasteiger partial charge in [0, 0.05) is 18.8 Å². The molecule has 0 unspecified atom stereocenters. The number of aryl methyl sites for hydroxylation is 3. The Morgan fingerprint density at radius 2 is 2.12 bits per heavy atom. The summed E-state index contributed by atoms with van der Waals surface area (Å²) in [5.74, 6) is 0.915. The number of para-hydroxylation sites is 1. The second-order valence-corrected chi connectivity index (χ2v) is 6.88. The highest BCUT2D eigenvalue weighted by Crippen LogP contribution is 2.21. The number of hydrogen-bond acceptors (Lipinski definition) is 6. The van der Waals surface area contributed by atoms with Gasteiger partial charge in [0.1, 0.15) is 5.82 Å². The van der Waals surface area contributed by atoms with E-state index in [1.807, 2.05) is 26.1 Å². The molecule has 0 aliphatic rings. The Bertz CT molecular complexity index is 1140. The summed E-state index contributed by atoms with van der Waals surface area (Å²) in [5, 5.41) is 8.23. The predicted octanol–water partition coefficient (Wildman–Crippen LogP) is 2.52. The summed E-state index contributed by atoms with van der Waals surface area (Å²) >= 11 is 1.37. The minimum atomic E-state index is -0.149. The van der Waals surface area contributed by atoms with Gasteiger partial charge >= 0.3 is 0 Å². The first-order valence-electron chi connectivity index (χ1n) is 8.11. The van der Waals surface area contributed by atoms with Gasteiger partial charge in [-0.3, -0.25) is 4.79 Å². The normalized spacial score (nSPS) is 11.5. The Balaban J connectivity index is 1.64. The maximum absolute atomic E-state index is 12.1. The Kier molecular flexibility index (Phi) is 3.76. The molecule has 0 saturated carbocycles. The molecule has 0 aliphatic heterocycles. The Morgan fingerprint density at radius 3 is 2.88 bits per heavy atom. The summed E-state index contributed by atoms with van der Waals surface area (Å²) < 4.78 is 3.43. The van der Waals surface area contributed by atoms with Gasteiger partial charge in [-0.15, -0.1) is 5.10 Å². The van der Waals surface area contributed by atoms with E-state index < -0.39 is 0 Å². The van der Waals surface area contributed by atoms with Crippen LogP contribution in [0.3, 0.4) is 0 Å². The van der Waals surface area contributed by atoms with Crippen molar-refractivity contribution in [1.82, 2.24) is 24.1 Å². The molecule has 8 heteroatoms. The van der Waals surface area contributed by atoms with Crippen LogP contribution in [-0.2, 0) is 20.0 Å². The highest BCUT2D eigenvalue weighted by Gasteiger charge is 2.12. The highest BCUT2D eigenvalue weighted by atomic mass is 32.1. The molecule has 0 atom stereocenters. The molecule has 4 aromatic rings. The maximum Gasteiger partial charge on any atom is 0.275 e. The van der Waals surface area contributed by atoms with Crippen LogP contribution in [0.4, 0.5) is 5.13 Å². The Morgan fingerprint density at radius 1 is 1.28 bits per heavy atom. The van der Waals surface area contributed by atoms with E-state index in [9.17, 15) is 4.79 Å². The molecule has 0 saturated heterocycles. The average molecular weight is 354 g/mol. The third-order valence-electron chi connectivity index (χ3n) is 4.25. The number of nitrogens with zero attached hydrogens (tertiary/aromatic N) is 5. The molecule has 0 radical (unpaired) electrons. The Labute approximate surface area is 148 Å². The maximum atomic E-state index is 12.1. The van der Waals surface area contributed by atoms with E-state index in [4.69, 9.17) is 0 Å². The first-order chi connectivity index (χ1) is 12.1. The molecule has 0 aliphatic carbocycles. The molecule has 128 valence electrons. The first-order valence-corrected chi connectivity index (χ1v) is 8.93. The summed E-state index contributed by atoms with van der Waals surface area (Å²) in [6.07, 6.45) is 0.728. The number of fused-ring (bicyclic) bond motifs is 2. The van der Waals surface area contributed by atoms with E-state index in [1.165, 1.54) is 27.5 Å². The summed E-state index contributed by atoms with van der Waals surface area (Å²) in [5.41, 5.74) is 3.94. The van der Waals surface area contributed by atoms with Gasteiger partial charge in [-0.1, -0.05) is 30.4 Å². The van der Waals surface area contributed by atoms with Gasteiger partial charge in [-0.25, -0.2) is 9.97 Å². The van der Waals surface area contributed by atoms with Gasteiger partial charge in [0.25, 0.3) is 5.56 Å². The second kappa shape index (κ2) is 5.96. The van der Waals surface area contributed by atoms with Gasteiger partial charge in [-0.2, -0.15) is 4.52 Å². The number of benzene rings is 1. The van der Waals surface area contributed by atoms with Crippen LogP contribution < -0.4 is 10.9 Å². The van der Waals surface area contributed by atoms with Crippen molar-refractivity contribution >= 4 is 32.5 Å². The van der Waals surface area contributed by atoms with E-state index in [2.05, 4.69) is 37.9 Å². The van der Waals surface area contributed by atoms with Crippen molar-refractivity contribution < 1.29 is 0 Å². The molecule has 0 spiro atoms. The lowest BCUT2D eigenvalue weighted by Gasteiger charge is -2.04. The minimum absolute atomic E-state index is 0.149. The van der Waals surface area contributed by atoms with E-state index in [0.29, 0.717) is 16.6 Å². The zero-order valence-electron chi connectivity index (χ0n) is 14.3. The summed E-state index contributed by atoms with van der Waals surface area (Å²) in [6, 6.07) is 7.64. The van der Waals surface area contributed by atoms with Crippen LogP contribution in [0.2, 0.25) is 0 Å². The van der Waals surface area contributed by atoms with E-state index in [1.54, 1.807) is 0 Å². The second-order valence-electron chi connectivity index (χ2n) is 5.92. The van der Waals surface area contributed by atoms with E-state index in [-0.39, 0.29) is 5.56 Å². The number of imidazole rings is 1. The molecule has 1 aromatic carbocycles. The zero-order chi connectivity index (χ0) is 17.6. The van der Waals surface area contributed by atoms with Crippen LogP contribution in [0.1, 0.15) is 24.0 Å². The fourth-order valence-electron chi connectivity index (χ4n) is 2.93. The fraction of sp³-hybridized carbons (Fsp3) is 0.294. The van der Waals surface area contributed by atoms with E-state index >= 15 is 0 Å². The van der Waals surface area contributed by atoms with Gasteiger partial charge < -0.3 is 9.88 Å². The minimum Gasteiger partial charge on any atom is -0.353 e. The number of rotatable bonds is 4. The lowest BCUT2D eigenvalue weighted by atomic mass is 10.2. The molecule has 25 heavy (non-hydrogen) atoms. The van der Waals surface area contributed by atoms with Gasteiger partial charge in [0.15, 0.2) is 0 Å². The van der Waals surface area contributed by atoms with Crippen molar-refractivity contribution in [2.75, 3.05) is 5.32 Å². The Hall–Kier alpha value is -2.74. The number of nitrogens with one attached hydrogen (secondary N) is 1. The smallest absolute Gasteiger partial charge is 0.275 e. The van der Waals surface area contributed by atoms with Crippen molar-refractivity contribution in [2.45, 2.75) is 26.8 Å². The number of anilines is 1. The fourth-order valence-corrected chi connectivity index (χ4v) is 3.75. The number of aromatic nitrogens is 5. The van der Waals surface area contributed by atoms with Crippen LogP contribution in [-0.4, -0.2) is 24.1 Å². The first kappa shape index (κ1) is 15.8.